The molecule has 7 heteroatoms. The third-order valence-corrected chi connectivity index (χ3v) is 4.95. The number of aryl methyl sites for hydroxylation is 3. The summed E-state index contributed by atoms with van der Waals surface area (Å²) in [6, 6.07) is 3.53. The molecule has 2 aromatic rings. The Kier molecular flexibility index (Phi) is 4.06. The highest BCUT2D eigenvalue weighted by atomic mass is 32.2. The first kappa shape index (κ1) is 15.5. The van der Waals surface area contributed by atoms with Crippen LogP contribution in [0.1, 0.15) is 22.4 Å². The van der Waals surface area contributed by atoms with Crippen LogP contribution < -0.4 is 10.5 Å². The molecule has 21 heavy (non-hydrogen) atoms. The van der Waals surface area contributed by atoms with E-state index < -0.39 is 10.0 Å². The Balaban J connectivity index is 2.49. The van der Waals surface area contributed by atoms with Gasteiger partial charge in [0.1, 0.15) is 0 Å². The number of nitrogens with zero attached hydrogens (tertiary/aromatic N) is 2. The van der Waals surface area contributed by atoms with Gasteiger partial charge < -0.3 is 5.73 Å². The van der Waals surface area contributed by atoms with Crippen LogP contribution in [-0.4, -0.2) is 18.2 Å². The number of benzene rings is 1. The molecule has 0 aliphatic heterocycles. The molecule has 0 spiro atoms. The summed E-state index contributed by atoms with van der Waals surface area (Å²) in [5.41, 5.74) is 9.16. The molecule has 0 unspecified atom stereocenters. The van der Waals surface area contributed by atoms with E-state index in [9.17, 15) is 8.42 Å². The summed E-state index contributed by atoms with van der Waals surface area (Å²) in [5.74, 6) is 0. The van der Waals surface area contributed by atoms with Gasteiger partial charge in [-0.25, -0.2) is 8.42 Å². The largest absolute Gasteiger partial charge is 0.326 e. The quantitative estimate of drug-likeness (QED) is 0.898. The van der Waals surface area contributed by atoms with Gasteiger partial charge in [-0.1, -0.05) is 6.07 Å². The predicted molar refractivity (Wildman–Crippen MR) is 82.6 cm³/mol. The van der Waals surface area contributed by atoms with Crippen molar-refractivity contribution in [3.05, 3.63) is 40.7 Å². The molecular formula is C14H20N4O2S. The molecule has 1 aromatic heterocycles. The molecule has 0 saturated heterocycles. The van der Waals surface area contributed by atoms with Crippen LogP contribution >= 0.6 is 0 Å². The lowest BCUT2D eigenvalue weighted by molar-refractivity contribution is 0.600. The molecule has 0 saturated carbocycles. The molecule has 3 N–H and O–H groups in total. The Morgan fingerprint density at radius 1 is 1.29 bits per heavy atom. The molecule has 1 heterocycles. The summed E-state index contributed by atoms with van der Waals surface area (Å²) >= 11 is 0. The molecule has 0 fully saturated rings. The van der Waals surface area contributed by atoms with Gasteiger partial charge in [0.15, 0.2) is 0 Å². The molecular weight excluding hydrogens is 288 g/mol. The molecule has 0 aliphatic carbocycles. The normalized spacial score (nSPS) is 11.7. The standard InChI is InChI=1S/C14H20N4O2S/c1-9-5-12(7-15)6-14(10(9)2)21(19,20)17-13-8-18(4)16-11(13)3/h5-6,8,17H,7,15H2,1-4H3. The maximum Gasteiger partial charge on any atom is 0.262 e. The van der Waals surface area contributed by atoms with Gasteiger partial charge in [-0.05, 0) is 43.5 Å². The van der Waals surface area contributed by atoms with Crippen LogP contribution in [0.15, 0.2) is 23.2 Å². The van der Waals surface area contributed by atoms with Crippen LogP contribution in [-0.2, 0) is 23.6 Å². The average molecular weight is 308 g/mol. The van der Waals surface area contributed by atoms with E-state index >= 15 is 0 Å². The van der Waals surface area contributed by atoms with Crippen LogP contribution in [0.4, 0.5) is 5.69 Å². The Bertz CT molecular complexity index is 779. The Morgan fingerprint density at radius 3 is 2.48 bits per heavy atom. The maximum absolute atomic E-state index is 12.6. The van der Waals surface area contributed by atoms with Crippen molar-refractivity contribution in [2.24, 2.45) is 12.8 Å². The first-order chi connectivity index (χ1) is 9.74. The van der Waals surface area contributed by atoms with E-state index in [1.165, 1.54) is 0 Å². The Morgan fingerprint density at radius 2 is 1.95 bits per heavy atom. The van der Waals surface area contributed by atoms with Crippen molar-refractivity contribution in [3.8, 4) is 0 Å². The summed E-state index contributed by atoms with van der Waals surface area (Å²) in [7, 11) is -1.92. The molecule has 1 aromatic carbocycles. The number of anilines is 1. The van der Waals surface area contributed by atoms with E-state index in [-0.39, 0.29) is 4.90 Å². The maximum atomic E-state index is 12.6. The van der Waals surface area contributed by atoms with Crippen LogP contribution in [0.25, 0.3) is 0 Å². The van der Waals surface area contributed by atoms with E-state index in [1.807, 2.05) is 13.0 Å². The van der Waals surface area contributed by atoms with Crippen molar-refractivity contribution in [1.29, 1.82) is 0 Å². The second kappa shape index (κ2) is 5.50. The summed E-state index contributed by atoms with van der Waals surface area (Å²) in [5, 5.41) is 4.13. The number of hydrogen-bond acceptors (Lipinski definition) is 4. The predicted octanol–water partition coefficient (Wildman–Crippen LogP) is 1.60. The molecule has 0 atom stereocenters. The number of rotatable bonds is 4. The zero-order valence-electron chi connectivity index (χ0n) is 12.6. The topological polar surface area (TPSA) is 90.0 Å². The third kappa shape index (κ3) is 3.08. The van der Waals surface area contributed by atoms with Crippen molar-refractivity contribution in [1.82, 2.24) is 9.78 Å². The third-order valence-electron chi connectivity index (χ3n) is 3.46. The molecule has 0 bridgehead atoms. The summed E-state index contributed by atoms with van der Waals surface area (Å²) in [6.07, 6.45) is 1.64. The van der Waals surface area contributed by atoms with Gasteiger partial charge >= 0.3 is 0 Å². The number of nitrogens with one attached hydrogen (secondary N) is 1. The highest BCUT2D eigenvalue weighted by Crippen LogP contribution is 2.24. The van der Waals surface area contributed by atoms with Crippen molar-refractivity contribution in [2.75, 3.05) is 4.72 Å². The van der Waals surface area contributed by atoms with Crippen molar-refractivity contribution in [3.63, 3.8) is 0 Å². The van der Waals surface area contributed by atoms with E-state index in [2.05, 4.69) is 9.82 Å². The first-order valence-electron chi connectivity index (χ1n) is 6.58. The minimum Gasteiger partial charge on any atom is -0.326 e. The number of hydrogen-bond donors (Lipinski definition) is 2. The highest BCUT2D eigenvalue weighted by molar-refractivity contribution is 7.92. The molecule has 6 nitrogen and oxygen atoms in total. The van der Waals surface area contributed by atoms with Gasteiger partial charge in [0, 0.05) is 19.8 Å². The second-order valence-electron chi connectivity index (χ2n) is 5.15. The highest BCUT2D eigenvalue weighted by Gasteiger charge is 2.20. The van der Waals surface area contributed by atoms with E-state index in [1.54, 1.807) is 37.8 Å². The minimum atomic E-state index is -3.67. The lowest BCUT2D eigenvalue weighted by Gasteiger charge is -2.13. The fourth-order valence-corrected chi connectivity index (χ4v) is 3.67. The van der Waals surface area contributed by atoms with E-state index in [0.29, 0.717) is 17.9 Å². The average Bonchev–Trinajstić information content (AvgIpc) is 2.70. The van der Waals surface area contributed by atoms with Gasteiger partial charge in [0.2, 0.25) is 0 Å². The van der Waals surface area contributed by atoms with E-state index in [4.69, 9.17) is 5.73 Å². The summed E-state index contributed by atoms with van der Waals surface area (Å²) in [4.78, 5) is 0.256. The molecule has 0 radical (unpaired) electrons. The van der Waals surface area contributed by atoms with Gasteiger partial charge in [0.25, 0.3) is 10.0 Å². The molecule has 2 rings (SSSR count). The van der Waals surface area contributed by atoms with Gasteiger partial charge in [-0.2, -0.15) is 5.10 Å². The Labute approximate surface area is 125 Å². The minimum absolute atomic E-state index is 0.256. The van der Waals surface area contributed by atoms with Crippen LogP contribution in [0.5, 0.6) is 0 Å². The molecule has 114 valence electrons. The van der Waals surface area contributed by atoms with E-state index in [0.717, 1.165) is 16.7 Å². The zero-order valence-corrected chi connectivity index (χ0v) is 13.5. The van der Waals surface area contributed by atoms with Crippen LogP contribution in [0, 0.1) is 20.8 Å². The van der Waals surface area contributed by atoms with Gasteiger partial charge in [0.05, 0.1) is 16.3 Å². The van der Waals surface area contributed by atoms with Gasteiger partial charge in [-0.15, -0.1) is 0 Å². The van der Waals surface area contributed by atoms with Crippen molar-refractivity contribution >= 4 is 15.7 Å². The monoisotopic (exact) mass is 308 g/mol. The fraction of sp³-hybridized carbons (Fsp3) is 0.357. The lowest BCUT2D eigenvalue weighted by Crippen LogP contribution is -2.16. The first-order valence-corrected chi connectivity index (χ1v) is 8.06. The second-order valence-corrected chi connectivity index (χ2v) is 6.80. The van der Waals surface area contributed by atoms with Crippen molar-refractivity contribution < 1.29 is 8.42 Å². The Hall–Kier alpha value is -1.86. The van der Waals surface area contributed by atoms with Crippen LogP contribution in [0.2, 0.25) is 0 Å². The van der Waals surface area contributed by atoms with Crippen LogP contribution in [0.3, 0.4) is 0 Å². The molecule has 0 aliphatic rings. The molecule has 0 amide bonds. The lowest BCUT2D eigenvalue weighted by atomic mass is 10.1. The number of nitrogens with two attached hydrogens (primary N) is 1. The van der Waals surface area contributed by atoms with Crippen molar-refractivity contribution in [2.45, 2.75) is 32.2 Å². The SMILES string of the molecule is Cc1cc(CN)cc(S(=O)(=O)Nc2cn(C)nc2C)c1C. The summed E-state index contributed by atoms with van der Waals surface area (Å²) in [6.45, 7) is 5.73. The number of aromatic nitrogens is 2. The fourth-order valence-electron chi connectivity index (χ4n) is 2.20. The van der Waals surface area contributed by atoms with Gasteiger partial charge in [-0.3, -0.25) is 9.40 Å². The number of sulfonamides is 1. The summed E-state index contributed by atoms with van der Waals surface area (Å²) < 4.78 is 29.4. The zero-order chi connectivity index (χ0) is 15.8. The smallest absolute Gasteiger partial charge is 0.262 e.